The zero-order chi connectivity index (χ0) is 13.3. The Morgan fingerprint density at radius 1 is 1.29 bits per heavy atom. The molecule has 0 aliphatic carbocycles. The Balaban J connectivity index is 3.06. The van der Waals surface area contributed by atoms with E-state index in [1.807, 2.05) is 19.2 Å². The highest BCUT2D eigenvalue weighted by atomic mass is 28.4. The first-order valence-corrected chi connectivity index (χ1v) is 8.98. The van der Waals surface area contributed by atoms with E-state index in [0.29, 0.717) is 0 Å². The second-order valence-corrected chi connectivity index (χ2v) is 10.4. The molecular formula is C14H24O2Si. The van der Waals surface area contributed by atoms with Crippen LogP contribution in [0, 0.1) is 6.92 Å². The average molecular weight is 252 g/mol. The average Bonchev–Trinajstić information content (AvgIpc) is 2.15. The fourth-order valence-electron chi connectivity index (χ4n) is 1.74. The number of ether oxygens (including phenoxy) is 1. The summed E-state index contributed by atoms with van der Waals surface area (Å²) in [4.78, 5) is 10.3. The first kappa shape index (κ1) is 14.3. The minimum atomic E-state index is -2.18. The maximum Gasteiger partial charge on any atom is 0.188 e. The van der Waals surface area contributed by atoms with Crippen LogP contribution in [0.1, 0.15) is 25.0 Å². The van der Waals surface area contributed by atoms with Gasteiger partial charge in [0.1, 0.15) is 5.75 Å². The second-order valence-electron chi connectivity index (χ2n) is 5.93. The lowest BCUT2D eigenvalue weighted by atomic mass is 9.99. The first-order valence-electron chi connectivity index (χ1n) is 6.03. The Morgan fingerprint density at radius 2 is 1.88 bits per heavy atom. The molecular weight excluding hydrogens is 228 g/mol. The highest BCUT2D eigenvalue weighted by molar-refractivity contribution is 6.72. The lowest BCUT2D eigenvalue weighted by molar-refractivity contribution is 0.403. The highest BCUT2D eigenvalue weighted by Crippen LogP contribution is 2.40. The molecule has 0 atom stereocenters. The summed E-state index contributed by atoms with van der Waals surface area (Å²) >= 11 is 0. The van der Waals surface area contributed by atoms with Crippen LogP contribution < -0.4 is 4.74 Å². The second kappa shape index (κ2) is 4.82. The van der Waals surface area contributed by atoms with Crippen LogP contribution in [0.25, 0.3) is 0 Å². The summed E-state index contributed by atoms with van der Waals surface area (Å²) < 4.78 is 5.39. The molecule has 17 heavy (non-hydrogen) atoms. The molecule has 0 heterocycles. The number of hydrogen-bond acceptors (Lipinski definition) is 2. The van der Waals surface area contributed by atoms with Gasteiger partial charge in [-0.1, -0.05) is 31.5 Å². The van der Waals surface area contributed by atoms with Crippen molar-refractivity contribution in [2.75, 3.05) is 7.11 Å². The molecule has 0 saturated carbocycles. The summed E-state index contributed by atoms with van der Waals surface area (Å²) in [6.07, 6.45) is 0.855. The van der Waals surface area contributed by atoms with Crippen molar-refractivity contribution in [3.8, 4) is 5.75 Å². The van der Waals surface area contributed by atoms with Gasteiger partial charge in [-0.05, 0) is 43.1 Å². The van der Waals surface area contributed by atoms with E-state index in [-0.39, 0.29) is 5.04 Å². The van der Waals surface area contributed by atoms with Crippen LogP contribution in [0.2, 0.25) is 18.1 Å². The Labute approximate surface area is 106 Å². The number of hydrogen-bond donors (Lipinski definition) is 1. The van der Waals surface area contributed by atoms with E-state index in [2.05, 4.69) is 32.9 Å². The molecule has 0 fully saturated rings. The zero-order valence-corrected chi connectivity index (χ0v) is 12.8. The van der Waals surface area contributed by atoms with Gasteiger partial charge in [-0.15, -0.1) is 0 Å². The first-order chi connectivity index (χ1) is 7.67. The van der Waals surface area contributed by atoms with Gasteiger partial charge in [0.2, 0.25) is 0 Å². The van der Waals surface area contributed by atoms with Gasteiger partial charge in [0.05, 0.1) is 7.11 Å². The van der Waals surface area contributed by atoms with Gasteiger partial charge in [0, 0.05) is 0 Å². The van der Waals surface area contributed by atoms with Crippen LogP contribution in [0.5, 0.6) is 5.75 Å². The van der Waals surface area contributed by atoms with E-state index in [0.717, 1.165) is 12.2 Å². The van der Waals surface area contributed by atoms with Crippen molar-refractivity contribution in [1.82, 2.24) is 0 Å². The van der Waals surface area contributed by atoms with Crippen LogP contribution in [0.15, 0.2) is 18.2 Å². The molecule has 0 aliphatic rings. The molecule has 3 heteroatoms. The minimum Gasteiger partial charge on any atom is -0.496 e. The van der Waals surface area contributed by atoms with Crippen molar-refractivity contribution >= 4 is 8.32 Å². The third kappa shape index (κ3) is 3.33. The van der Waals surface area contributed by atoms with E-state index in [1.54, 1.807) is 7.11 Å². The van der Waals surface area contributed by atoms with E-state index in [4.69, 9.17) is 4.74 Å². The fourth-order valence-corrected chi connectivity index (χ4v) is 2.36. The zero-order valence-electron chi connectivity index (χ0n) is 11.8. The number of aryl methyl sites for hydroxylation is 1. The lowest BCUT2D eigenvalue weighted by Gasteiger charge is -2.35. The van der Waals surface area contributed by atoms with Gasteiger partial charge in [0.25, 0.3) is 0 Å². The van der Waals surface area contributed by atoms with E-state index < -0.39 is 8.32 Å². The molecule has 0 aliphatic heterocycles. The van der Waals surface area contributed by atoms with Crippen molar-refractivity contribution in [3.05, 3.63) is 29.3 Å². The number of rotatable bonds is 4. The topological polar surface area (TPSA) is 29.5 Å². The summed E-state index contributed by atoms with van der Waals surface area (Å²) in [7, 11) is -0.479. The summed E-state index contributed by atoms with van der Waals surface area (Å²) in [6, 6.07) is 6.21. The third-order valence-corrected chi connectivity index (χ3v) is 7.21. The highest BCUT2D eigenvalue weighted by Gasteiger charge is 2.38. The summed E-state index contributed by atoms with van der Waals surface area (Å²) in [5.41, 5.74) is 2.42. The van der Waals surface area contributed by atoms with E-state index >= 15 is 0 Å². The van der Waals surface area contributed by atoms with Crippen LogP contribution >= 0.6 is 0 Å². The fraction of sp³-hybridized carbons (Fsp3) is 0.571. The summed E-state index contributed by atoms with van der Waals surface area (Å²) in [5, 5.41) is -0.0614. The largest absolute Gasteiger partial charge is 0.496 e. The lowest BCUT2D eigenvalue weighted by Crippen LogP contribution is -2.40. The molecule has 2 nitrogen and oxygen atoms in total. The Hall–Kier alpha value is -0.803. The maximum absolute atomic E-state index is 10.3. The molecule has 1 aromatic rings. The van der Waals surface area contributed by atoms with Crippen LogP contribution in [-0.4, -0.2) is 20.2 Å². The molecule has 96 valence electrons. The molecule has 1 aromatic carbocycles. The van der Waals surface area contributed by atoms with Crippen molar-refractivity contribution in [1.29, 1.82) is 0 Å². The normalized spacial score (nSPS) is 12.6. The quantitative estimate of drug-likeness (QED) is 0.831. The van der Waals surface area contributed by atoms with Crippen molar-refractivity contribution in [2.45, 2.75) is 45.3 Å². The van der Waals surface area contributed by atoms with Crippen LogP contribution in [0.3, 0.4) is 0 Å². The van der Waals surface area contributed by atoms with Crippen LogP contribution in [-0.2, 0) is 6.42 Å². The van der Waals surface area contributed by atoms with Gasteiger partial charge < -0.3 is 9.53 Å². The monoisotopic (exact) mass is 252 g/mol. The predicted octanol–water partition coefficient (Wildman–Crippen LogP) is 3.52. The molecule has 0 spiro atoms. The SMILES string of the molecule is COc1ccc(C)cc1CC(C)(C)[Si](C)(C)O. The Bertz CT molecular complexity index is 392. The predicted molar refractivity (Wildman–Crippen MR) is 75.2 cm³/mol. The molecule has 0 amide bonds. The Morgan fingerprint density at radius 3 is 2.35 bits per heavy atom. The van der Waals surface area contributed by atoms with Gasteiger partial charge in [-0.2, -0.15) is 0 Å². The summed E-state index contributed by atoms with van der Waals surface area (Å²) in [5.74, 6) is 0.918. The molecule has 1 rings (SSSR count). The van der Waals surface area contributed by atoms with Gasteiger partial charge in [-0.25, -0.2) is 0 Å². The summed E-state index contributed by atoms with van der Waals surface area (Å²) in [6.45, 7) is 10.4. The van der Waals surface area contributed by atoms with Crippen molar-refractivity contribution in [2.24, 2.45) is 0 Å². The van der Waals surface area contributed by atoms with Crippen molar-refractivity contribution in [3.63, 3.8) is 0 Å². The third-order valence-electron chi connectivity index (χ3n) is 3.72. The van der Waals surface area contributed by atoms with Gasteiger partial charge in [0.15, 0.2) is 8.32 Å². The molecule has 1 N–H and O–H groups in total. The van der Waals surface area contributed by atoms with E-state index in [1.165, 1.54) is 11.1 Å². The maximum atomic E-state index is 10.3. The number of methoxy groups -OCH3 is 1. The van der Waals surface area contributed by atoms with Gasteiger partial charge >= 0.3 is 0 Å². The molecule has 0 radical (unpaired) electrons. The molecule has 0 aromatic heterocycles. The molecule has 0 bridgehead atoms. The number of benzene rings is 1. The van der Waals surface area contributed by atoms with Crippen LogP contribution in [0.4, 0.5) is 0 Å². The van der Waals surface area contributed by atoms with Crippen molar-refractivity contribution < 1.29 is 9.53 Å². The van der Waals surface area contributed by atoms with Gasteiger partial charge in [-0.3, -0.25) is 0 Å². The Kier molecular flexibility index (Phi) is 4.05. The smallest absolute Gasteiger partial charge is 0.188 e. The molecule has 0 saturated heterocycles. The van der Waals surface area contributed by atoms with E-state index in [9.17, 15) is 4.80 Å². The molecule has 0 unspecified atom stereocenters. The minimum absolute atomic E-state index is 0.0614. The standard InChI is InChI=1S/C14H24O2Si/c1-11-7-8-13(16-4)12(9-11)10-14(2,3)17(5,6)15/h7-9,15H,10H2,1-6H3.